The van der Waals surface area contributed by atoms with E-state index in [1.807, 2.05) is 13.8 Å². The Labute approximate surface area is 126 Å². The van der Waals surface area contributed by atoms with E-state index in [0.717, 1.165) is 12.8 Å². The molecule has 7 nitrogen and oxygen atoms in total. The maximum Gasteiger partial charge on any atom is 0.319 e. The molecule has 1 heterocycles. The summed E-state index contributed by atoms with van der Waals surface area (Å²) in [5.41, 5.74) is 0.709. The molecule has 3 rings (SSSR count). The first-order valence-corrected chi connectivity index (χ1v) is 7.20. The summed E-state index contributed by atoms with van der Waals surface area (Å²) >= 11 is 0. The fourth-order valence-electron chi connectivity index (χ4n) is 2.14. The molecule has 2 aromatic rings. The summed E-state index contributed by atoms with van der Waals surface area (Å²) in [6.07, 6.45) is 2.02. The lowest BCUT2D eigenvalue weighted by Gasteiger charge is -2.12. The summed E-state index contributed by atoms with van der Waals surface area (Å²) in [7, 11) is 0. The Balaban J connectivity index is 1.86. The zero-order valence-corrected chi connectivity index (χ0v) is 12.4. The number of carbonyl (C=O) groups excluding carboxylic acids is 1. The van der Waals surface area contributed by atoms with Crippen molar-refractivity contribution in [1.82, 2.24) is 25.5 Å². The molecule has 0 unspecified atom stereocenters. The van der Waals surface area contributed by atoms with Gasteiger partial charge in [-0.15, -0.1) is 5.10 Å². The summed E-state index contributed by atoms with van der Waals surface area (Å²) in [6, 6.07) is 3.99. The van der Waals surface area contributed by atoms with E-state index in [1.54, 1.807) is 0 Å². The molecule has 0 bridgehead atoms. The summed E-state index contributed by atoms with van der Waals surface area (Å²) in [4.78, 5) is 11.7. The van der Waals surface area contributed by atoms with Crippen molar-refractivity contribution in [2.75, 3.05) is 5.32 Å². The van der Waals surface area contributed by atoms with Crippen molar-refractivity contribution in [2.24, 2.45) is 0 Å². The van der Waals surface area contributed by atoms with Crippen molar-refractivity contribution in [3.8, 4) is 5.69 Å². The molecule has 0 aliphatic heterocycles. The van der Waals surface area contributed by atoms with Crippen molar-refractivity contribution >= 4 is 11.7 Å². The normalized spacial score (nSPS) is 14.2. The molecular formula is C14H17FN6O. The van der Waals surface area contributed by atoms with Crippen molar-refractivity contribution in [3.05, 3.63) is 29.8 Å². The van der Waals surface area contributed by atoms with Crippen LogP contribution in [0.25, 0.3) is 5.69 Å². The van der Waals surface area contributed by atoms with E-state index in [-0.39, 0.29) is 23.7 Å². The molecule has 1 aromatic carbocycles. The lowest BCUT2D eigenvalue weighted by atomic mass is 10.2. The number of nitrogens with zero attached hydrogens (tertiary/aromatic N) is 4. The Kier molecular flexibility index (Phi) is 3.74. The second kappa shape index (κ2) is 5.70. The van der Waals surface area contributed by atoms with Crippen LogP contribution in [-0.2, 0) is 0 Å². The third kappa shape index (κ3) is 3.05. The van der Waals surface area contributed by atoms with Gasteiger partial charge < -0.3 is 10.6 Å². The van der Waals surface area contributed by atoms with Crippen LogP contribution < -0.4 is 10.6 Å². The molecule has 0 saturated heterocycles. The summed E-state index contributed by atoms with van der Waals surface area (Å²) < 4.78 is 15.5. The minimum Gasteiger partial charge on any atom is -0.336 e. The van der Waals surface area contributed by atoms with Crippen molar-refractivity contribution in [1.29, 1.82) is 0 Å². The number of benzene rings is 1. The van der Waals surface area contributed by atoms with Gasteiger partial charge in [-0.1, -0.05) is 0 Å². The second-order valence-electron chi connectivity index (χ2n) is 5.64. The van der Waals surface area contributed by atoms with Crippen LogP contribution in [0.1, 0.15) is 38.4 Å². The quantitative estimate of drug-likeness (QED) is 0.907. The molecule has 1 aromatic heterocycles. The number of amides is 2. The summed E-state index contributed by atoms with van der Waals surface area (Å²) in [5, 5.41) is 16.8. The SMILES string of the molecule is CC(C)NC(=O)Nc1ccc(F)c(-n2nnnc2C2CC2)c1. The highest BCUT2D eigenvalue weighted by Gasteiger charge is 2.30. The van der Waals surface area contributed by atoms with Gasteiger partial charge in [-0.05, 0) is 55.3 Å². The Morgan fingerprint density at radius 1 is 1.41 bits per heavy atom. The van der Waals surface area contributed by atoms with Crippen LogP contribution in [0, 0.1) is 5.82 Å². The van der Waals surface area contributed by atoms with Crippen LogP contribution in [0.15, 0.2) is 18.2 Å². The van der Waals surface area contributed by atoms with E-state index < -0.39 is 5.82 Å². The Morgan fingerprint density at radius 3 is 2.86 bits per heavy atom. The summed E-state index contributed by atoms with van der Waals surface area (Å²) in [6.45, 7) is 3.72. The molecule has 1 aliphatic carbocycles. The Bertz CT molecular complexity index is 694. The van der Waals surface area contributed by atoms with E-state index in [2.05, 4.69) is 26.2 Å². The van der Waals surface area contributed by atoms with Gasteiger partial charge in [-0.25, -0.2) is 9.18 Å². The number of carbonyl (C=O) groups is 1. The molecule has 116 valence electrons. The number of halogens is 1. The molecule has 8 heteroatoms. The molecule has 2 N–H and O–H groups in total. The maximum atomic E-state index is 14.1. The third-order valence-corrected chi connectivity index (χ3v) is 3.29. The first kappa shape index (κ1) is 14.4. The van der Waals surface area contributed by atoms with Crippen LogP contribution in [0.4, 0.5) is 14.9 Å². The molecule has 0 radical (unpaired) electrons. The van der Waals surface area contributed by atoms with E-state index >= 15 is 0 Å². The number of hydrogen-bond acceptors (Lipinski definition) is 4. The lowest BCUT2D eigenvalue weighted by molar-refractivity contribution is 0.250. The van der Waals surface area contributed by atoms with Gasteiger partial charge in [0.25, 0.3) is 0 Å². The largest absolute Gasteiger partial charge is 0.336 e. The first-order chi connectivity index (χ1) is 10.5. The number of urea groups is 1. The molecule has 1 saturated carbocycles. The highest BCUT2D eigenvalue weighted by Crippen LogP contribution is 2.39. The fraction of sp³-hybridized carbons (Fsp3) is 0.429. The van der Waals surface area contributed by atoms with Gasteiger partial charge >= 0.3 is 6.03 Å². The minimum atomic E-state index is -0.441. The average Bonchev–Trinajstić information content (AvgIpc) is 3.18. The highest BCUT2D eigenvalue weighted by atomic mass is 19.1. The van der Waals surface area contributed by atoms with Gasteiger partial charge in [0, 0.05) is 17.6 Å². The van der Waals surface area contributed by atoms with Gasteiger partial charge in [-0.3, -0.25) is 0 Å². The van der Waals surface area contributed by atoms with E-state index in [9.17, 15) is 9.18 Å². The van der Waals surface area contributed by atoms with Crippen LogP contribution in [0.3, 0.4) is 0 Å². The summed E-state index contributed by atoms with van der Waals surface area (Å²) in [5.74, 6) is 0.502. The van der Waals surface area contributed by atoms with E-state index in [4.69, 9.17) is 0 Å². The topological polar surface area (TPSA) is 84.7 Å². The number of nitrogens with one attached hydrogen (secondary N) is 2. The number of aromatic nitrogens is 4. The molecule has 1 aliphatic rings. The predicted octanol–water partition coefficient (Wildman–Crippen LogP) is 2.21. The standard InChI is InChI=1S/C14H17FN6O/c1-8(2)16-14(22)17-10-5-6-11(15)12(7-10)21-13(9-3-4-9)18-19-20-21/h5-9H,3-4H2,1-2H3,(H2,16,17,22). The van der Waals surface area contributed by atoms with E-state index in [1.165, 1.54) is 22.9 Å². The monoisotopic (exact) mass is 304 g/mol. The number of tetrazole rings is 1. The van der Waals surface area contributed by atoms with Gasteiger partial charge in [-0.2, -0.15) is 4.68 Å². The number of rotatable bonds is 4. The second-order valence-corrected chi connectivity index (χ2v) is 5.64. The minimum absolute atomic E-state index is 0.0147. The average molecular weight is 304 g/mol. The molecule has 0 spiro atoms. The van der Waals surface area contributed by atoms with Gasteiger partial charge in [0.1, 0.15) is 11.5 Å². The van der Waals surface area contributed by atoms with Crippen LogP contribution in [0.2, 0.25) is 0 Å². The molecule has 2 amide bonds. The van der Waals surface area contributed by atoms with E-state index in [0.29, 0.717) is 11.5 Å². The highest BCUT2D eigenvalue weighted by molar-refractivity contribution is 5.89. The zero-order chi connectivity index (χ0) is 15.7. The van der Waals surface area contributed by atoms with Gasteiger partial charge in [0.05, 0.1) is 0 Å². The smallest absolute Gasteiger partial charge is 0.319 e. The van der Waals surface area contributed by atoms with Crippen LogP contribution in [-0.4, -0.2) is 32.3 Å². The van der Waals surface area contributed by atoms with Crippen molar-refractivity contribution in [2.45, 2.75) is 38.6 Å². The Hall–Kier alpha value is -2.51. The molecule has 1 fully saturated rings. The zero-order valence-electron chi connectivity index (χ0n) is 12.4. The molecule has 22 heavy (non-hydrogen) atoms. The molecular weight excluding hydrogens is 287 g/mol. The van der Waals surface area contributed by atoms with Crippen LogP contribution in [0.5, 0.6) is 0 Å². The van der Waals surface area contributed by atoms with Crippen molar-refractivity contribution in [3.63, 3.8) is 0 Å². The Morgan fingerprint density at radius 2 is 2.18 bits per heavy atom. The van der Waals surface area contributed by atoms with Gasteiger partial charge in [0.2, 0.25) is 0 Å². The number of anilines is 1. The maximum absolute atomic E-state index is 14.1. The fourth-order valence-corrected chi connectivity index (χ4v) is 2.14. The molecule has 0 atom stereocenters. The predicted molar refractivity (Wildman–Crippen MR) is 78.4 cm³/mol. The lowest BCUT2D eigenvalue weighted by Crippen LogP contribution is -2.34. The number of hydrogen-bond donors (Lipinski definition) is 2. The third-order valence-electron chi connectivity index (χ3n) is 3.29. The van der Waals surface area contributed by atoms with Crippen LogP contribution >= 0.6 is 0 Å². The first-order valence-electron chi connectivity index (χ1n) is 7.20. The van der Waals surface area contributed by atoms with Crippen molar-refractivity contribution < 1.29 is 9.18 Å². The van der Waals surface area contributed by atoms with Gasteiger partial charge in [0.15, 0.2) is 5.82 Å².